The van der Waals surface area contributed by atoms with E-state index in [9.17, 15) is 0 Å². The van der Waals surface area contributed by atoms with Crippen LogP contribution in [0.2, 0.25) is 0 Å². The highest BCUT2D eigenvalue weighted by Gasteiger charge is 2.43. The third-order valence-corrected chi connectivity index (χ3v) is 7.88. The predicted molar refractivity (Wildman–Crippen MR) is 191 cm³/mol. The third-order valence-electron chi connectivity index (χ3n) is 7.88. The van der Waals surface area contributed by atoms with Gasteiger partial charge in [-0.05, 0) is 69.5 Å². The maximum absolute atomic E-state index is 6.49. The van der Waals surface area contributed by atoms with Gasteiger partial charge in [-0.1, -0.05) is 127 Å². The molecule has 7 rings (SSSR count). The predicted octanol–water partition coefficient (Wildman–Crippen LogP) is 5.97. The summed E-state index contributed by atoms with van der Waals surface area (Å²) in [5.41, 5.74) is 5.70. The quantitative estimate of drug-likeness (QED) is 0.156. The first-order valence-electron chi connectivity index (χ1n) is 16.0. The van der Waals surface area contributed by atoms with Crippen molar-refractivity contribution in [3.63, 3.8) is 0 Å². The van der Waals surface area contributed by atoms with Crippen LogP contribution in [0.25, 0.3) is 0 Å². The lowest BCUT2D eigenvalue weighted by Gasteiger charge is -2.32. The minimum Gasteiger partial charge on any atom is -0.489 e. The molecular formula is C39H33B3O6. The summed E-state index contributed by atoms with van der Waals surface area (Å²) in [7, 11) is -2.22. The molecule has 6 aromatic carbocycles. The second-order valence-corrected chi connectivity index (χ2v) is 11.4. The zero-order valence-electron chi connectivity index (χ0n) is 26.4. The zero-order chi connectivity index (χ0) is 32.4. The minimum absolute atomic E-state index is 0.455. The maximum atomic E-state index is 6.49. The number of rotatable bonds is 12. The van der Waals surface area contributed by atoms with E-state index < -0.39 is 21.4 Å². The van der Waals surface area contributed by atoms with Gasteiger partial charge < -0.3 is 27.9 Å². The van der Waals surface area contributed by atoms with Gasteiger partial charge in [-0.2, -0.15) is 0 Å². The summed E-state index contributed by atoms with van der Waals surface area (Å²) in [5, 5.41) is 0. The van der Waals surface area contributed by atoms with Crippen LogP contribution in [0, 0.1) is 0 Å². The molecule has 1 heterocycles. The van der Waals surface area contributed by atoms with Crippen molar-refractivity contribution >= 4 is 37.7 Å². The number of hydrogen-bond donors (Lipinski definition) is 0. The number of benzene rings is 6. The van der Waals surface area contributed by atoms with Crippen LogP contribution >= 0.6 is 0 Å². The maximum Gasteiger partial charge on any atom is 0.467 e. The first-order chi connectivity index (χ1) is 23.7. The highest BCUT2D eigenvalue weighted by atomic mass is 16.7. The molecular weight excluding hydrogens is 597 g/mol. The van der Waals surface area contributed by atoms with E-state index in [2.05, 4.69) is 0 Å². The summed E-state index contributed by atoms with van der Waals surface area (Å²) in [6, 6.07) is 53.6. The topological polar surface area (TPSA) is 55.4 Å². The van der Waals surface area contributed by atoms with Crippen molar-refractivity contribution in [1.29, 1.82) is 0 Å². The van der Waals surface area contributed by atoms with Crippen LogP contribution in [-0.4, -0.2) is 21.4 Å². The van der Waals surface area contributed by atoms with Gasteiger partial charge in [0.25, 0.3) is 0 Å². The molecule has 48 heavy (non-hydrogen) atoms. The Bertz CT molecular complexity index is 1670. The van der Waals surface area contributed by atoms with E-state index in [1.54, 1.807) is 0 Å². The first kappa shape index (κ1) is 31.4. The second kappa shape index (κ2) is 15.6. The van der Waals surface area contributed by atoms with Crippen molar-refractivity contribution in [2.45, 2.75) is 19.8 Å². The molecule has 1 saturated heterocycles. The van der Waals surface area contributed by atoms with Gasteiger partial charge >= 0.3 is 21.4 Å². The highest BCUT2D eigenvalue weighted by Crippen LogP contribution is 2.19. The SMILES string of the molecule is c1ccc(COc2cccc(B3OB(c4cccc(OCc5ccccc5)c4)OB(c4cccc(OCc5ccccc5)c4)O3)c2)cc1. The molecule has 9 heteroatoms. The normalized spacial score (nSPS) is 12.9. The first-order valence-corrected chi connectivity index (χ1v) is 16.0. The molecule has 1 fully saturated rings. The van der Waals surface area contributed by atoms with Crippen molar-refractivity contribution in [3.05, 3.63) is 180 Å². The van der Waals surface area contributed by atoms with Crippen LogP contribution in [0.3, 0.4) is 0 Å². The smallest absolute Gasteiger partial charge is 0.467 e. The second-order valence-electron chi connectivity index (χ2n) is 11.4. The summed E-state index contributed by atoms with van der Waals surface area (Å²) in [6.45, 7) is 1.36. The van der Waals surface area contributed by atoms with E-state index in [0.717, 1.165) is 50.3 Å². The van der Waals surface area contributed by atoms with Gasteiger partial charge in [-0.15, -0.1) is 0 Å². The summed E-state index contributed by atoms with van der Waals surface area (Å²) >= 11 is 0. The largest absolute Gasteiger partial charge is 0.489 e. The zero-order valence-corrected chi connectivity index (χ0v) is 26.4. The Kier molecular flexibility index (Phi) is 10.2. The molecule has 0 bridgehead atoms. The van der Waals surface area contributed by atoms with Gasteiger partial charge in [-0.3, -0.25) is 0 Å². The monoisotopic (exact) mass is 630 g/mol. The van der Waals surface area contributed by atoms with Crippen LogP contribution < -0.4 is 30.6 Å². The Balaban J connectivity index is 1.13. The lowest BCUT2D eigenvalue weighted by molar-refractivity contribution is 0.300. The van der Waals surface area contributed by atoms with Crippen LogP contribution in [0.15, 0.2) is 164 Å². The molecule has 0 unspecified atom stereocenters. The molecule has 6 aromatic rings. The Morgan fingerprint density at radius 2 is 0.625 bits per heavy atom. The molecule has 0 atom stereocenters. The molecule has 1 aliphatic heterocycles. The summed E-state index contributed by atoms with van der Waals surface area (Å²) < 4.78 is 37.9. The van der Waals surface area contributed by atoms with E-state index in [4.69, 9.17) is 27.9 Å². The fourth-order valence-corrected chi connectivity index (χ4v) is 5.38. The molecule has 1 aliphatic rings. The lowest BCUT2D eigenvalue weighted by atomic mass is 9.61. The van der Waals surface area contributed by atoms with E-state index in [-0.39, 0.29) is 0 Å². The molecule has 0 spiro atoms. The standard InChI is InChI=1S/C39H33B3O6/c1-4-13-31(14-5-1)28-43-37-22-10-19-34(25-37)40-46-41(35-20-11-23-38(26-35)44-29-32-15-6-2-7-16-32)48-42(47-40)36-21-12-24-39(27-36)45-30-33-17-8-3-9-18-33/h1-27H,28-30H2. The minimum atomic E-state index is -0.739. The molecule has 0 N–H and O–H groups in total. The van der Waals surface area contributed by atoms with Crippen molar-refractivity contribution in [3.8, 4) is 17.2 Å². The molecule has 0 radical (unpaired) electrons. The molecule has 0 saturated carbocycles. The van der Waals surface area contributed by atoms with Gasteiger partial charge in [0.15, 0.2) is 0 Å². The van der Waals surface area contributed by atoms with Crippen molar-refractivity contribution in [2.24, 2.45) is 0 Å². The van der Waals surface area contributed by atoms with Crippen LogP contribution in [0.4, 0.5) is 0 Å². The fourth-order valence-electron chi connectivity index (χ4n) is 5.38. The Morgan fingerprint density at radius 3 is 0.917 bits per heavy atom. The number of ether oxygens (including phenoxy) is 3. The third kappa shape index (κ3) is 8.38. The van der Waals surface area contributed by atoms with Gasteiger partial charge in [0, 0.05) is 0 Å². The highest BCUT2D eigenvalue weighted by molar-refractivity contribution is 6.87. The van der Waals surface area contributed by atoms with E-state index in [1.165, 1.54) is 0 Å². The van der Waals surface area contributed by atoms with Gasteiger partial charge in [0.05, 0.1) is 0 Å². The van der Waals surface area contributed by atoms with Crippen LogP contribution in [-0.2, 0) is 33.5 Å². The van der Waals surface area contributed by atoms with Crippen LogP contribution in [0.1, 0.15) is 16.7 Å². The molecule has 0 aromatic heterocycles. The molecule has 6 nitrogen and oxygen atoms in total. The van der Waals surface area contributed by atoms with Crippen molar-refractivity contribution < 1.29 is 27.9 Å². The van der Waals surface area contributed by atoms with E-state index >= 15 is 0 Å². The van der Waals surface area contributed by atoms with Crippen LogP contribution in [0.5, 0.6) is 17.2 Å². The Morgan fingerprint density at radius 1 is 0.333 bits per heavy atom. The van der Waals surface area contributed by atoms with E-state index in [0.29, 0.717) is 19.8 Å². The molecule has 0 aliphatic carbocycles. The summed E-state index contributed by atoms with van der Waals surface area (Å²) in [4.78, 5) is 0. The van der Waals surface area contributed by atoms with Gasteiger partial charge in [-0.25, -0.2) is 0 Å². The fraction of sp³-hybridized carbons (Fsp3) is 0.0769. The number of hydrogen-bond acceptors (Lipinski definition) is 6. The lowest BCUT2D eigenvalue weighted by Crippen LogP contribution is -2.61. The average Bonchev–Trinajstić information content (AvgIpc) is 3.17. The Hall–Kier alpha value is -5.21. The van der Waals surface area contributed by atoms with Crippen molar-refractivity contribution in [1.82, 2.24) is 0 Å². The molecule has 234 valence electrons. The summed E-state index contributed by atoms with van der Waals surface area (Å²) in [5.74, 6) is 2.15. The summed E-state index contributed by atoms with van der Waals surface area (Å²) in [6.07, 6.45) is 0. The average molecular weight is 630 g/mol. The molecule has 0 amide bonds. The van der Waals surface area contributed by atoms with Crippen molar-refractivity contribution in [2.75, 3.05) is 0 Å². The van der Waals surface area contributed by atoms with Gasteiger partial charge in [0.1, 0.15) is 37.1 Å². The van der Waals surface area contributed by atoms with E-state index in [1.807, 2.05) is 164 Å². The Labute approximate surface area is 282 Å². The van der Waals surface area contributed by atoms with Gasteiger partial charge in [0.2, 0.25) is 0 Å².